The van der Waals surface area contributed by atoms with Crippen LogP contribution in [-0.2, 0) is 5.41 Å². The molecule has 2 aromatic rings. The highest BCUT2D eigenvalue weighted by atomic mass is 79.9. The lowest BCUT2D eigenvalue weighted by Gasteiger charge is -2.11. The zero-order chi connectivity index (χ0) is 12.6. The summed E-state index contributed by atoms with van der Waals surface area (Å²) in [7, 11) is 0. The molecular weight excluding hydrogens is 304 g/mol. The Kier molecular flexibility index (Phi) is 3.27. The largest absolute Gasteiger partial charge is 0.420 e. The van der Waals surface area contributed by atoms with Gasteiger partial charge in [0.25, 0.3) is 0 Å². The second-order valence-corrected chi connectivity index (χ2v) is 6.08. The van der Waals surface area contributed by atoms with Gasteiger partial charge in [-0.3, -0.25) is 0 Å². The summed E-state index contributed by atoms with van der Waals surface area (Å²) in [6.45, 7) is 6.08. The molecule has 0 unspecified atom stereocenters. The van der Waals surface area contributed by atoms with Crippen LogP contribution in [0.3, 0.4) is 0 Å². The summed E-state index contributed by atoms with van der Waals surface area (Å²) < 4.78 is 6.54. The highest BCUT2D eigenvalue weighted by Gasteiger charge is 2.22. The van der Waals surface area contributed by atoms with Crippen molar-refractivity contribution in [3.05, 3.63) is 33.6 Å². The van der Waals surface area contributed by atoms with Gasteiger partial charge >= 0.3 is 0 Å². The first-order valence-electron chi connectivity index (χ1n) is 5.17. The maximum absolute atomic E-state index is 5.95. The van der Waals surface area contributed by atoms with Crippen molar-refractivity contribution in [2.75, 3.05) is 0 Å². The standard InChI is InChI=1S/C12H12BrClN2O/c1-12(2,3)11-16-15-10(17-11)8-6-7(14)4-5-9(8)13/h4-6H,1-3H3. The van der Waals surface area contributed by atoms with Crippen LogP contribution in [0.2, 0.25) is 5.02 Å². The minimum atomic E-state index is -0.156. The maximum atomic E-state index is 5.95. The lowest BCUT2D eigenvalue weighted by Crippen LogP contribution is -2.11. The van der Waals surface area contributed by atoms with Crippen molar-refractivity contribution < 1.29 is 4.42 Å². The van der Waals surface area contributed by atoms with Crippen molar-refractivity contribution in [2.24, 2.45) is 0 Å². The second-order valence-electron chi connectivity index (χ2n) is 4.79. The van der Waals surface area contributed by atoms with Crippen LogP contribution in [0, 0.1) is 0 Å². The highest BCUT2D eigenvalue weighted by Crippen LogP contribution is 2.31. The van der Waals surface area contributed by atoms with E-state index in [1.54, 1.807) is 12.1 Å². The van der Waals surface area contributed by atoms with E-state index >= 15 is 0 Å². The van der Waals surface area contributed by atoms with Gasteiger partial charge in [0.15, 0.2) is 0 Å². The number of hydrogen-bond acceptors (Lipinski definition) is 3. The Morgan fingerprint density at radius 2 is 1.94 bits per heavy atom. The molecule has 0 spiro atoms. The molecule has 0 aliphatic carbocycles. The quantitative estimate of drug-likeness (QED) is 0.780. The van der Waals surface area contributed by atoms with Crippen molar-refractivity contribution >= 4 is 27.5 Å². The summed E-state index contributed by atoms with van der Waals surface area (Å²) >= 11 is 9.39. The molecule has 1 heterocycles. The minimum absolute atomic E-state index is 0.156. The first kappa shape index (κ1) is 12.6. The van der Waals surface area contributed by atoms with Gasteiger partial charge < -0.3 is 4.42 Å². The molecule has 0 saturated carbocycles. The summed E-state index contributed by atoms with van der Waals surface area (Å²) in [6, 6.07) is 5.46. The summed E-state index contributed by atoms with van der Waals surface area (Å²) in [4.78, 5) is 0. The van der Waals surface area contributed by atoms with E-state index < -0.39 is 0 Å². The van der Waals surface area contributed by atoms with Gasteiger partial charge in [-0.05, 0) is 34.1 Å². The van der Waals surface area contributed by atoms with Crippen LogP contribution in [0.4, 0.5) is 0 Å². The summed E-state index contributed by atoms with van der Waals surface area (Å²) in [6.07, 6.45) is 0. The molecule has 2 rings (SSSR count). The van der Waals surface area contributed by atoms with Crippen molar-refractivity contribution in [2.45, 2.75) is 26.2 Å². The molecule has 17 heavy (non-hydrogen) atoms. The van der Waals surface area contributed by atoms with Crippen LogP contribution in [0.1, 0.15) is 26.7 Å². The fourth-order valence-electron chi connectivity index (χ4n) is 1.30. The SMILES string of the molecule is CC(C)(C)c1nnc(-c2cc(Cl)ccc2Br)o1. The van der Waals surface area contributed by atoms with E-state index in [1.807, 2.05) is 26.8 Å². The lowest BCUT2D eigenvalue weighted by molar-refractivity contribution is 0.399. The van der Waals surface area contributed by atoms with Gasteiger partial charge in [-0.2, -0.15) is 0 Å². The zero-order valence-electron chi connectivity index (χ0n) is 9.79. The van der Waals surface area contributed by atoms with E-state index in [0.717, 1.165) is 10.0 Å². The van der Waals surface area contributed by atoms with Gasteiger partial charge in [-0.15, -0.1) is 10.2 Å². The van der Waals surface area contributed by atoms with Crippen LogP contribution in [0.25, 0.3) is 11.5 Å². The highest BCUT2D eigenvalue weighted by molar-refractivity contribution is 9.10. The molecule has 0 bridgehead atoms. The summed E-state index contributed by atoms with van der Waals surface area (Å²) in [5.74, 6) is 1.09. The van der Waals surface area contributed by atoms with E-state index in [9.17, 15) is 0 Å². The molecule has 0 atom stereocenters. The minimum Gasteiger partial charge on any atom is -0.420 e. The van der Waals surface area contributed by atoms with Gasteiger partial charge in [-0.1, -0.05) is 32.4 Å². The molecule has 90 valence electrons. The van der Waals surface area contributed by atoms with Crippen molar-refractivity contribution in [1.29, 1.82) is 0 Å². The third-order valence-electron chi connectivity index (χ3n) is 2.23. The van der Waals surface area contributed by atoms with Gasteiger partial charge in [0.2, 0.25) is 11.8 Å². The van der Waals surface area contributed by atoms with Crippen molar-refractivity contribution in [3.63, 3.8) is 0 Å². The number of rotatable bonds is 1. The Bertz CT molecular complexity index is 546. The molecule has 0 aliphatic heterocycles. The Morgan fingerprint density at radius 3 is 2.53 bits per heavy atom. The van der Waals surface area contributed by atoms with E-state index in [2.05, 4.69) is 26.1 Å². The molecule has 0 aliphatic rings. The Labute approximate surface area is 113 Å². The third kappa shape index (κ3) is 2.69. The Balaban J connectivity index is 2.47. The average Bonchev–Trinajstić information content (AvgIpc) is 2.70. The maximum Gasteiger partial charge on any atom is 0.248 e. The van der Waals surface area contributed by atoms with Gasteiger partial charge in [0, 0.05) is 14.9 Å². The number of benzene rings is 1. The van der Waals surface area contributed by atoms with Crippen LogP contribution in [-0.4, -0.2) is 10.2 Å². The molecule has 0 radical (unpaired) electrons. The fourth-order valence-corrected chi connectivity index (χ4v) is 1.88. The van der Waals surface area contributed by atoms with Gasteiger partial charge in [-0.25, -0.2) is 0 Å². The first-order chi connectivity index (χ1) is 7.88. The van der Waals surface area contributed by atoms with E-state index in [-0.39, 0.29) is 5.41 Å². The molecule has 0 amide bonds. The zero-order valence-corrected chi connectivity index (χ0v) is 12.1. The second kappa shape index (κ2) is 4.42. The molecule has 1 aromatic carbocycles. The third-order valence-corrected chi connectivity index (χ3v) is 3.15. The van der Waals surface area contributed by atoms with Gasteiger partial charge in [0.1, 0.15) is 0 Å². The number of nitrogens with zero attached hydrogens (tertiary/aromatic N) is 2. The number of halogens is 2. The predicted octanol–water partition coefficient (Wildman–Crippen LogP) is 4.45. The topological polar surface area (TPSA) is 38.9 Å². The predicted molar refractivity (Wildman–Crippen MR) is 71.1 cm³/mol. The Hall–Kier alpha value is -0.870. The van der Waals surface area contributed by atoms with Crippen LogP contribution in [0.5, 0.6) is 0 Å². The lowest BCUT2D eigenvalue weighted by atomic mass is 9.97. The average molecular weight is 316 g/mol. The molecule has 1 aromatic heterocycles. The molecular formula is C12H12BrClN2O. The normalized spacial score (nSPS) is 11.8. The summed E-state index contributed by atoms with van der Waals surface area (Å²) in [5, 5.41) is 8.74. The molecule has 3 nitrogen and oxygen atoms in total. The number of aromatic nitrogens is 2. The molecule has 0 N–H and O–H groups in total. The van der Waals surface area contributed by atoms with Crippen molar-refractivity contribution in [1.82, 2.24) is 10.2 Å². The molecule has 0 fully saturated rings. The van der Waals surface area contributed by atoms with Crippen molar-refractivity contribution in [3.8, 4) is 11.5 Å². The van der Waals surface area contributed by atoms with Crippen LogP contribution >= 0.6 is 27.5 Å². The number of hydrogen-bond donors (Lipinski definition) is 0. The van der Waals surface area contributed by atoms with E-state index in [0.29, 0.717) is 16.8 Å². The van der Waals surface area contributed by atoms with E-state index in [1.165, 1.54) is 0 Å². The van der Waals surface area contributed by atoms with Crippen LogP contribution in [0.15, 0.2) is 27.1 Å². The smallest absolute Gasteiger partial charge is 0.248 e. The summed E-state index contributed by atoms with van der Waals surface area (Å²) in [5.41, 5.74) is 0.650. The van der Waals surface area contributed by atoms with Gasteiger partial charge in [0.05, 0.1) is 5.56 Å². The molecule has 0 saturated heterocycles. The fraction of sp³-hybridized carbons (Fsp3) is 0.333. The first-order valence-corrected chi connectivity index (χ1v) is 6.34. The molecule has 5 heteroatoms. The Morgan fingerprint density at radius 1 is 1.24 bits per heavy atom. The monoisotopic (exact) mass is 314 g/mol. The van der Waals surface area contributed by atoms with Crippen LogP contribution < -0.4 is 0 Å². The van der Waals surface area contributed by atoms with E-state index in [4.69, 9.17) is 16.0 Å².